The van der Waals surface area contributed by atoms with E-state index in [1.54, 1.807) is 11.0 Å². The smallest absolute Gasteiger partial charge is 0.416 e. The molecule has 3 atom stereocenters. The Morgan fingerprint density at radius 3 is 2.23 bits per heavy atom. The molecule has 12 nitrogen and oxygen atoms in total. The topological polar surface area (TPSA) is 112 Å². The maximum atomic E-state index is 13.9. The second-order valence-corrected chi connectivity index (χ2v) is 16.0. The second kappa shape index (κ2) is 13.0. The summed E-state index contributed by atoms with van der Waals surface area (Å²) in [5.41, 5.74) is 0.0268. The van der Waals surface area contributed by atoms with Gasteiger partial charge in [0.15, 0.2) is 5.03 Å². The van der Waals surface area contributed by atoms with Crippen LogP contribution in [-0.2, 0) is 32.3 Å². The van der Waals surface area contributed by atoms with Crippen molar-refractivity contribution in [3.05, 3.63) is 41.6 Å². The quantitative estimate of drug-likeness (QED) is 0.406. The minimum atomic E-state index is -4.50. The van der Waals surface area contributed by atoms with Crippen LogP contribution in [0.15, 0.2) is 35.5 Å². The Kier molecular flexibility index (Phi) is 9.72. The van der Waals surface area contributed by atoms with Crippen molar-refractivity contribution in [3.63, 3.8) is 0 Å². The van der Waals surface area contributed by atoms with Crippen LogP contribution in [0.3, 0.4) is 0 Å². The molecule has 47 heavy (non-hydrogen) atoms. The summed E-state index contributed by atoms with van der Waals surface area (Å²) in [6.45, 7) is 10.2. The van der Waals surface area contributed by atoms with Gasteiger partial charge in [-0.3, -0.25) is 14.6 Å². The van der Waals surface area contributed by atoms with E-state index < -0.39 is 33.4 Å². The number of ether oxygens (including phenoxy) is 1. The van der Waals surface area contributed by atoms with Crippen LogP contribution in [0.4, 0.5) is 23.7 Å². The fourth-order valence-corrected chi connectivity index (χ4v) is 7.55. The zero-order chi connectivity index (χ0) is 34.5. The van der Waals surface area contributed by atoms with E-state index in [1.807, 2.05) is 32.6 Å². The molecule has 1 amide bonds. The van der Waals surface area contributed by atoms with Crippen molar-refractivity contribution < 1.29 is 35.9 Å². The maximum absolute atomic E-state index is 13.9. The molecule has 260 valence electrons. The number of benzene rings is 1. The molecule has 4 heterocycles. The van der Waals surface area contributed by atoms with Gasteiger partial charge < -0.3 is 14.5 Å². The zero-order valence-corrected chi connectivity index (χ0v) is 28.5. The average molecular weight is 684 g/mol. The summed E-state index contributed by atoms with van der Waals surface area (Å²) < 4.78 is 74.2. The molecule has 3 fully saturated rings. The van der Waals surface area contributed by atoms with E-state index in [1.165, 1.54) is 32.4 Å². The highest BCUT2D eigenvalue weighted by Gasteiger charge is 2.43. The molecule has 0 radical (unpaired) electrons. The number of piperazine rings is 2. The molecule has 1 aromatic heterocycles. The van der Waals surface area contributed by atoms with Gasteiger partial charge in [0.25, 0.3) is 10.0 Å². The Morgan fingerprint density at radius 2 is 1.66 bits per heavy atom. The molecule has 2 unspecified atom stereocenters. The summed E-state index contributed by atoms with van der Waals surface area (Å²) in [7, 11) is -1.03. The number of fused-ring (bicyclic) bond motifs is 2. The number of anilines is 1. The Hall–Kier alpha value is -3.21. The predicted octanol–water partition coefficient (Wildman–Crippen LogP) is 3.32. The number of hydrogen-bond acceptors (Lipinski definition) is 9. The van der Waals surface area contributed by atoms with Gasteiger partial charge in [-0.1, -0.05) is 6.07 Å². The van der Waals surface area contributed by atoms with E-state index in [4.69, 9.17) is 4.74 Å². The minimum Gasteiger partial charge on any atom is -0.459 e. The number of halogens is 3. The van der Waals surface area contributed by atoms with Gasteiger partial charge in [-0.05, 0) is 64.3 Å². The standard InChI is InChI=1S/C31H44F3N7O5S/c1-21-16-37(13-14-39(21)29(43)40-12-11-27(35-40)47(44,45)36(5)6)17-22-7-8-23(31(32,33)34)15-26(22)41-24-9-10-25(41)19-38(18-24)20-28(42)46-30(2,3)4/h7-8,11-12,15,21,24-25H,9-10,13-14,16-20H2,1-6H3/t21-,24?,25?/m0/s1. The summed E-state index contributed by atoms with van der Waals surface area (Å²) >= 11 is 0. The van der Waals surface area contributed by atoms with Gasteiger partial charge in [0.2, 0.25) is 0 Å². The van der Waals surface area contributed by atoms with Gasteiger partial charge >= 0.3 is 18.2 Å². The third-order valence-corrected chi connectivity index (χ3v) is 10.6. The van der Waals surface area contributed by atoms with Crippen LogP contribution >= 0.6 is 0 Å². The molecule has 3 saturated heterocycles. The van der Waals surface area contributed by atoms with Crippen LogP contribution in [0.2, 0.25) is 0 Å². The van der Waals surface area contributed by atoms with E-state index >= 15 is 0 Å². The van der Waals surface area contributed by atoms with Crippen molar-refractivity contribution >= 4 is 27.7 Å². The number of rotatable bonds is 7. The number of aromatic nitrogens is 2. The van der Waals surface area contributed by atoms with E-state index in [-0.39, 0.29) is 35.7 Å². The minimum absolute atomic E-state index is 0.0397. The number of nitrogens with zero attached hydrogens (tertiary/aromatic N) is 7. The molecule has 0 aliphatic carbocycles. The highest BCUT2D eigenvalue weighted by Crippen LogP contribution is 2.40. The highest BCUT2D eigenvalue weighted by molar-refractivity contribution is 7.89. The third-order valence-electron chi connectivity index (χ3n) is 8.88. The normalized spacial score (nSPS) is 23.1. The Balaban J connectivity index is 1.30. The van der Waals surface area contributed by atoms with Crippen molar-refractivity contribution in [3.8, 4) is 0 Å². The molecule has 16 heteroatoms. The Morgan fingerprint density at radius 1 is 1.00 bits per heavy atom. The largest absolute Gasteiger partial charge is 0.459 e. The Labute approximate surface area is 274 Å². The van der Waals surface area contributed by atoms with Crippen molar-refractivity contribution in [2.24, 2.45) is 0 Å². The molecular weight excluding hydrogens is 639 g/mol. The number of esters is 1. The number of hydrogen-bond donors (Lipinski definition) is 0. The summed E-state index contributed by atoms with van der Waals surface area (Å²) in [5, 5.41) is 3.78. The van der Waals surface area contributed by atoms with E-state index in [2.05, 4.69) is 14.9 Å². The van der Waals surface area contributed by atoms with Gasteiger partial charge in [-0.25, -0.2) is 17.5 Å². The van der Waals surface area contributed by atoms with Gasteiger partial charge in [0.05, 0.1) is 12.1 Å². The van der Waals surface area contributed by atoms with Crippen molar-refractivity contribution in [1.29, 1.82) is 0 Å². The SMILES string of the molecule is C[C@H]1CN(Cc2ccc(C(F)(F)F)cc2N2C3CCC2CN(CC(=O)OC(C)(C)C)C3)CCN1C(=O)n1ccc(S(=O)(=O)N(C)C)n1. The van der Waals surface area contributed by atoms with Crippen LogP contribution in [0.25, 0.3) is 0 Å². The number of carbonyl (C=O) groups excluding carboxylic acids is 2. The predicted molar refractivity (Wildman–Crippen MR) is 168 cm³/mol. The van der Waals surface area contributed by atoms with Crippen molar-refractivity contribution in [2.75, 3.05) is 58.3 Å². The molecule has 1 aromatic carbocycles. The van der Waals surface area contributed by atoms with Crippen molar-refractivity contribution in [1.82, 2.24) is 28.8 Å². The van der Waals surface area contributed by atoms with Crippen LogP contribution in [0, 0.1) is 0 Å². The van der Waals surface area contributed by atoms with Gasteiger partial charge in [0, 0.05) is 83.4 Å². The van der Waals surface area contributed by atoms with E-state index in [9.17, 15) is 31.2 Å². The average Bonchev–Trinajstić information content (AvgIpc) is 3.55. The highest BCUT2D eigenvalue weighted by atomic mass is 32.2. The fourth-order valence-electron chi connectivity index (χ4n) is 6.76. The molecule has 2 aromatic rings. The van der Waals surface area contributed by atoms with Gasteiger partial charge in [-0.2, -0.15) is 23.0 Å². The van der Waals surface area contributed by atoms with Crippen molar-refractivity contribution in [2.45, 2.75) is 82.0 Å². The maximum Gasteiger partial charge on any atom is 0.416 e. The molecule has 2 bridgehead atoms. The molecule has 5 rings (SSSR count). The monoisotopic (exact) mass is 683 g/mol. The number of likely N-dealkylation sites (tertiary alicyclic amines) is 1. The molecular formula is C31H44F3N7O5S. The van der Waals surface area contributed by atoms with Gasteiger partial charge in [0.1, 0.15) is 5.60 Å². The number of carbonyl (C=O) groups is 2. The fraction of sp³-hybridized carbons (Fsp3) is 0.645. The summed E-state index contributed by atoms with van der Waals surface area (Å²) in [5.74, 6) is -0.316. The molecule has 3 aliphatic heterocycles. The second-order valence-electron chi connectivity index (χ2n) is 13.9. The van der Waals surface area contributed by atoms with Crippen LogP contribution in [-0.4, -0.2) is 126 Å². The first-order valence-corrected chi connectivity index (χ1v) is 17.2. The zero-order valence-electron chi connectivity index (χ0n) is 27.7. The number of amides is 1. The lowest BCUT2D eigenvalue weighted by Gasteiger charge is -2.44. The Bertz CT molecular complexity index is 1580. The lowest BCUT2D eigenvalue weighted by atomic mass is 10.0. The molecule has 3 aliphatic rings. The summed E-state index contributed by atoms with van der Waals surface area (Å²) in [6.07, 6.45) is -1.54. The van der Waals surface area contributed by atoms with Crippen LogP contribution in [0.5, 0.6) is 0 Å². The third kappa shape index (κ3) is 7.76. The molecule has 0 saturated carbocycles. The lowest BCUT2D eigenvalue weighted by Crippen LogP contribution is -2.56. The summed E-state index contributed by atoms with van der Waals surface area (Å²) in [6, 6.07) is 4.43. The number of sulfonamides is 1. The lowest BCUT2D eigenvalue weighted by molar-refractivity contribution is -0.156. The summed E-state index contributed by atoms with van der Waals surface area (Å²) in [4.78, 5) is 33.7. The van der Waals surface area contributed by atoms with E-state index in [0.717, 1.165) is 33.5 Å². The number of alkyl halides is 3. The van der Waals surface area contributed by atoms with Gasteiger partial charge in [-0.15, -0.1) is 0 Å². The molecule has 0 spiro atoms. The van der Waals surface area contributed by atoms with Crippen LogP contribution < -0.4 is 4.90 Å². The van der Waals surface area contributed by atoms with Crippen LogP contribution in [0.1, 0.15) is 51.7 Å². The first-order chi connectivity index (χ1) is 21.8. The molecule has 0 N–H and O–H groups in total. The first-order valence-electron chi connectivity index (χ1n) is 15.8. The van der Waals surface area contributed by atoms with E-state index in [0.29, 0.717) is 45.0 Å². The first kappa shape index (κ1) is 35.1.